The van der Waals surface area contributed by atoms with Gasteiger partial charge in [0.25, 0.3) is 11.8 Å². The predicted octanol–water partition coefficient (Wildman–Crippen LogP) is 4.84. The average Bonchev–Trinajstić information content (AvgIpc) is 3.39. The van der Waals surface area contributed by atoms with Crippen LogP contribution in [0.25, 0.3) is 6.08 Å². The summed E-state index contributed by atoms with van der Waals surface area (Å²) in [4.78, 5) is 36.5. The summed E-state index contributed by atoms with van der Waals surface area (Å²) in [5, 5.41) is 2.55. The molecule has 198 valence electrons. The molecule has 2 amide bonds. The third-order valence-corrected chi connectivity index (χ3v) is 7.80. The standard InChI is InChI=1S/C30H34N4O3S/c1-30(2,3)23-11-12-26-25(18-23)34(28(35)20-37-26)19-27-31-24(21-38-27)29(36)33-16-14-32(15-17-33)13-7-10-22-8-5-4-6-9-22/h4-12,18,21H,13-17,19-20H2,1-3H3. The first-order valence-electron chi connectivity index (χ1n) is 13.0. The number of carbonyl (C=O) groups is 2. The van der Waals surface area contributed by atoms with Crippen molar-refractivity contribution in [2.75, 3.05) is 44.2 Å². The van der Waals surface area contributed by atoms with Crippen LogP contribution in [0.5, 0.6) is 5.75 Å². The molecular formula is C30H34N4O3S. The average molecular weight is 531 g/mol. The lowest BCUT2D eigenvalue weighted by Crippen LogP contribution is -2.48. The van der Waals surface area contributed by atoms with Crippen LogP contribution < -0.4 is 9.64 Å². The highest BCUT2D eigenvalue weighted by Gasteiger charge is 2.29. The molecule has 0 radical (unpaired) electrons. The van der Waals surface area contributed by atoms with Gasteiger partial charge in [0, 0.05) is 38.1 Å². The zero-order chi connectivity index (χ0) is 26.7. The third-order valence-electron chi connectivity index (χ3n) is 6.97. The molecule has 2 aliphatic rings. The Morgan fingerprint density at radius 1 is 1.08 bits per heavy atom. The number of ether oxygens (including phenoxy) is 1. The van der Waals surface area contributed by atoms with Crippen LogP contribution in [0.3, 0.4) is 0 Å². The van der Waals surface area contributed by atoms with Crippen molar-refractivity contribution in [3.63, 3.8) is 0 Å². The molecule has 0 aliphatic carbocycles. The van der Waals surface area contributed by atoms with E-state index in [4.69, 9.17) is 4.74 Å². The first-order chi connectivity index (χ1) is 18.3. The SMILES string of the molecule is CC(C)(C)c1ccc2c(c1)N(Cc1nc(C(=O)N3CCN(CC=Cc4ccccc4)CC3)cs1)C(=O)CO2. The molecule has 3 heterocycles. The maximum Gasteiger partial charge on any atom is 0.273 e. The van der Waals surface area contributed by atoms with Crippen LogP contribution in [0, 0.1) is 0 Å². The van der Waals surface area contributed by atoms with E-state index in [0.29, 0.717) is 31.1 Å². The number of hydrogen-bond acceptors (Lipinski definition) is 6. The van der Waals surface area contributed by atoms with Crippen LogP contribution in [0.15, 0.2) is 60.0 Å². The summed E-state index contributed by atoms with van der Waals surface area (Å²) in [5.41, 5.74) is 3.48. The van der Waals surface area contributed by atoms with Crippen molar-refractivity contribution in [3.8, 4) is 5.75 Å². The summed E-state index contributed by atoms with van der Waals surface area (Å²) in [7, 11) is 0. The lowest BCUT2D eigenvalue weighted by molar-refractivity contribution is -0.121. The van der Waals surface area contributed by atoms with Crippen LogP contribution in [-0.2, 0) is 16.8 Å². The number of aromatic nitrogens is 1. The highest BCUT2D eigenvalue weighted by Crippen LogP contribution is 2.37. The van der Waals surface area contributed by atoms with E-state index in [1.54, 1.807) is 4.90 Å². The van der Waals surface area contributed by atoms with Crippen molar-refractivity contribution in [2.24, 2.45) is 0 Å². The normalized spacial score (nSPS) is 16.6. The van der Waals surface area contributed by atoms with Crippen molar-refractivity contribution in [2.45, 2.75) is 32.7 Å². The quantitative estimate of drug-likeness (QED) is 0.457. The molecule has 0 N–H and O–H groups in total. The van der Waals surface area contributed by atoms with Gasteiger partial charge in [-0.25, -0.2) is 4.98 Å². The molecule has 38 heavy (non-hydrogen) atoms. The Hall–Kier alpha value is -3.49. The van der Waals surface area contributed by atoms with E-state index in [1.807, 2.05) is 46.7 Å². The van der Waals surface area contributed by atoms with Gasteiger partial charge in [-0.3, -0.25) is 19.4 Å². The van der Waals surface area contributed by atoms with Gasteiger partial charge in [-0.15, -0.1) is 11.3 Å². The minimum atomic E-state index is -0.107. The molecule has 7 nitrogen and oxygen atoms in total. The fourth-order valence-corrected chi connectivity index (χ4v) is 5.41. The van der Waals surface area contributed by atoms with Crippen LogP contribution >= 0.6 is 11.3 Å². The maximum absolute atomic E-state index is 13.2. The largest absolute Gasteiger partial charge is 0.482 e. The Labute approximate surface area is 228 Å². The topological polar surface area (TPSA) is 66.0 Å². The van der Waals surface area contributed by atoms with Gasteiger partial charge in [0.1, 0.15) is 16.5 Å². The number of hydrogen-bond donors (Lipinski definition) is 0. The Kier molecular flexibility index (Phi) is 7.63. The molecule has 0 spiro atoms. The first-order valence-corrected chi connectivity index (χ1v) is 13.9. The maximum atomic E-state index is 13.2. The van der Waals surface area contributed by atoms with E-state index in [1.165, 1.54) is 16.9 Å². The van der Waals surface area contributed by atoms with E-state index in [2.05, 4.69) is 54.9 Å². The van der Waals surface area contributed by atoms with Gasteiger partial charge in [-0.1, -0.05) is 69.3 Å². The zero-order valence-corrected chi connectivity index (χ0v) is 23.0. The smallest absolute Gasteiger partial charge is 0.273 e. The van der Waals surface area contributed by atoms with Gasteiger partial charge in [0.15, 0.2) is 6.61 Å². The van der Waals surface area contributed by atoms with Gasteiger partial charge in [0.05, 0.1) is 12.2 Å². The zero-order valence-electron chi connectivity index (χ0n) is 22.2. The molecule has 1 aromatic heterocycles. The van der Waals surface area contributed by atoms with E-state index in [0.717, 1.165) is 35.9 Å². The summed E-state index contributed by atoms with van der Waals surface area (Å²) in [6.07, 6.45) is 4.31. The van der Waals surface area contributed by atoms with Crippen LogP contribution in [0.1, 0.15) is 47.4 Å². The summed E-state index contributed by atoms with van der Waals surface area (Å²) < 4.78 is 5.67. The van der Waals surface area contributed by atoms with Crippen molar-refractivity contribution >= 4 is 34.9 Å². The first kappa shape index (κ1) is 26.1. The van der Waals surface area contributed by atoms with Gasteiger partial charge in [-0.05, 0) is 28.7 Å². The number of anilines is 1. The lowest BCUT2D eigenvalue weighted by atomic mass is 9.86. The number of rotatable bonds is 6. The number of thiazole rings is 1. The van der Waals surface area contributed by atoms with Crippen molar-refractivity contribution < 1.29 is 14.3 Å². The van der Waals surface area contributed by atoms with E-state index < -0.39 is 0 Å². The van der Waals surface area contributed by atoms with E-state index in [-0.39, 0.29) is 23.8 Å². The molecule has 1 saturated heterocycles. The number of amides is 2. The third kappa shape index (κ3) is 5.97. The molecule has 0 saturated carbocycles. The van der Waals surface area contributed by atoms with Crippen molar-refractivity contribution in [1.29, 1.82) is 0 Å². The second-order valence-corrected chi connectivity index (χ2v) is 11.7. The summed E-state index contributed by atoms with van der Waals surface area (Å²) in [6, 6.07) is 16.3. The number of nitrogens with zero attached hydrogens (tertiary/aromatic N) is 4. The molecule has 0 atom stereocenters. The van der Waals surface area contributed by atoms with Crippen molar-refractivity contribution in [1.82, 2.24) is 14.8 Å². The minimum absolute atomic E-state index is 0.00381. The number of piperazine rings is 1. The highest BCUT2D eigenvalue weighted by atomic mass is 32.1. The van der Waals surface area contributed by atoms with Gasteiger partial charge in [-0.2, -0.15) is 0 Å². The second-order valence-electron chi connectivity index (χ2n) is 10.7. The second kappa shape index (κ2) is 11.1. The van der Waals surface area contributed by atoms with Crippen LogP contribution in [0.4, 0.5) is 5.69 Å². The predicted molar refractivity (Wildman–Crippen MR) is 152 cm³/mol. The fourth-order valence-electron chi connectivity index (χ4n) is 4.66. The number of carbonyl (C=O) groups excluding carboxylic acids is 2. The summed E-state index contributed by atoms with van der Waals surface area (Å²) in [6.45, 7) is 10.6. The molecule has 2 aromatic carbocycles. The Morgan fingerprint density at radius 2 is 1.84 bits per heavy atom. The molecule has 0 unspecified atom stereocenters. The Morgan fingerprint density at radius 3 is 2.58 bits per heavy atom. The minimum Gasteiger partial charge on any atom is -0.482 e. The molecule has 0 bridgehead atoms. The van der Waals surface area contributed by atoms with Gasteiger partial charge < -0.3 is 9.64 Å². The van der Waals surface area contributed by atoms with Gasteiger partial charge >= 0.3 is 0 Å². The molecule has 3 aromatic rings. The Balaban J connectivity index is 1.19. The molecule has 8 heteroatoms. The number of benzene rings is 2. The molecule has 5 rings (SSSR count). The number of fused-ring (bicyclic) bond motifs is 1. The summed E-state index contributed by atoms with van der Waals surface area (Å²) >= 11 is 1.42. The molecular weight excluding hydrogens is 496 g/mol. The highest BCUT2D eigenvalue weighted by molar-refractivity contribution is 7.09. The summed E-state index contributed by atoms with van der Waals surface area (Å²) in [5.74, 6) is 0.543. The Bertz CT molecular complexity index is 1320. The van der Waals surface area contributed by atoms with Crippen LogP contribution in [-0.4, -0.2) is 65.9 Å². The van der Waals surface area contributed by atoms with Gasteiger partial charge in [0.2, 0.25) is 0 Å². The van der Waals surface area contributed by atoms with Crippen molar-refractivity contribution in [3.05, 3.63) is 81.8 Å². The van der Waals surface area contributed by atoms with E-state index >= 15 is 0 Å². The van der Waals surface area contributed by atoms with Crippen LogP contribution in [0.2, 0.25) is 0 Å². The lowest BCUT2D eigenvalue weighted by Gasteiger charge is -2.33. The fraction of sp³-hybridized carbons (Fsp3) is 0.367. The molecule has 2 aliphatic heterocycles. The van der Waals surface area contributed by atoms with E-state index in [9.17, 15) is 9.59 Å². The monoisotopic (exact) mass is 530 g/mol. The molecule has 1 fully saturated rings.